The number of aryl methyl sites for hydroxylation is 1. The van der Waals surface area contributed by atoms with E-state index in [0.29, 0.717) is 18.5 Å². The van der Waals surface area contributed by atoms with Gasteiger partial charge in [0.2, 0.25) is 5.91 Å². The normalized spacial score (nSPS) is 18.1. The molecular weight excluding hydrogens is 280 g/mol. The Hall–Kier alpha value is -2.21. The molecule has 0 radical (unpaired) electrons. The number of nitrogens with one attached hydrogen (secondary N) is 1. The molecule has 0 aliphatic carbocycles. The number of pyridine rings is 1. The Kier molecular flexibility index (Phi) is 4.80. The SMILES string of the molecule is O=C(CCc1ccncc1)Nc1cnn(C2CCCCO2)c1. The van der Waals surface area contributed by atoms with Crippen LogP contribution in [0.3, 0.4) is 0 Å². The van der Waals surface area contributed by atoms with Crippen LogP contribution in [-0.2, 0) is 16.0 Å². The smallest absolute Gasteiger partial charge is 0.224 e. The molecule has 3 rings (SSSR count). The molecule has 0 spiro atoms. The summed E-state index contributed by atoms with van der Waals surface area (Å²) in [5.74, 6) is -0.0130. The predicted octanol–water partition coefficient (Wildman–Crippen LogP) is 2.55. The first-order valence-corrected chi connectivity index (χ1v) is 7.66. The fourth-order valence-corrected chi connectivity index (χ4v) is 2.52. The highest BCUT2D eigenvalue weighted by Gasteiger charge is 2.16. The first kappa shape index (κ1) is 14.7. The van der Waals surface area contributed by atoms with Gasteiger partial charge >= 0.3 is 0 Å². The second-order valence-electron chi connectivity index (χ2n) is 5.43. The van der Waals surface area contributed by atoms with E-state index in [1.165, 1.54) is 0 Å². The minimum absolute atomic E-state index is 0.00350. The van der Waals surface area contributed by atoms with Crippen molar-refractivity contribution in [1.29, 1.82) is 0 Å². The lowest BCUT2D eigenvalue weighted by molar-refractivity contribution is -0.116. The monoisotopic (exact) mass is 300 g/mol. The standard InChI is InChI=1S/C16H20N4O2/c21-15(5-4-13-6-8-17-9-7-13)19-14-11-18-20(12-14)16-3-1-2-10-22-16/h6-9,11-12,16H,1-5,10H2,(H,19,21). The zero-order valence-electron chi connectivity index (χ0n) is 12.4. The highest BCUT2D eigenvalue weighted by atomic mass is 16.5. The predicted molar refractivity (Wildman–Crippen MR) is 82.3 cm³/mol. The molecule has 0 aromatic carbocycles. The van der Waals surface area contributed by atoms with Gasteiger partial charge in [-0.05, 0) is 43.4 Å². The van der Waals surface area contributed by atoms with Crippen molar-refractivity contribution in [2.24, 2.45) is 0 Å². The first-order valence-electron chi connectivity index (χ1n) is 7.66. The van der Waals surface area contributed by atoms with Crippen LogP contribution in [0.1, 0.15) is 37.5 Å². The average molecular weight is 300 g/mol. The summed E-state index contributed by atoms with van der Waals surface area (Å²) in [7, 11) is 0. The fourth-order valence-electron chi connectivity index (χ4n) is 2.52. The number of rotatable bonds is 5. The van der Waals surface area contributed by atoms with E-state index in [1.807, 2.05) is 18.3 Å². The van der Waals surface area contributed by atoms with Gasteiger partial charge in [0.25, 0.3) is 0 Å². The van der Waals surface area contributed by atoms with E-state index in [0.717, 1.165) is 31.4 Å². The number of ether oxygens (including phenoxy) is 1. The van der Waals surface area contributed by atoms with Gasteiger partial charge in [0, 0.05) is 25.4 Å². The van der Waals surface area contributed by atoms with Gasteiger partial charge in [-0.2, -0.15) is 5.10 Å². The van der Waals surface area contributed by atoms with E-state index < -0.39 is 0 Å². The van der Waals surface area contributed by atoms with Crippen LogP contribution in [0.5, 0.6) is 0 Å². The van der Waals surface area contributed by atoms with Crippen LogP contribution in [0.25, 0.3) is 0 Å². The molecule has 3 heterocycles. The van der Waals surface area contributed by atoms with Crippen molar-refractivity contribution in [1.82, 2.24) is 14.8 Å². The lowest BCUT2D eigenvalue weighted by Crippen LogP contribution is -2.18. The molecule has 1 atom stereocenters. The molecule has 1 aliphatic heterocycles. The summed E-state index contributed by atoms with van der Waals surface area (Å²) in [6.45, 7) is 0.776. The van der Waals surface area contributed by atoms with Crippen molar-refractivity contribution >= 4 is 11.6 Å². The first-order chi connectivity index (χ1) is 10.8. The van der Waals surface area contributed by atoms with Gasteiger partial charge in [0.1, 0.15) is 6.23 Å². The molecule has 1 unspecified atom stereocenters. The number of hydrogen-bond donors (Lipinski definition) is 1. The van der Waals surface area contributed by atoms with E-state index in [1.54, 1.807) is 23.3 Å². The quantitative estimate of drug-likeness (QED) is 0.921. The summed E-state index contributed by atoms with van der Waals surface area (Å²) >= 11 is 0. The molecular formula is C16H20N4O2. The van der Waals surface area contributed by atoms with Crippen molar-refractivity contribution in [2.75, 3.05) is 11.9 Å². The maximum atomic E-state index is 12.0. The van der Waals surface area contributed by atoms with Crippen LogP contribution in [0.15, 0.2) is 36.9 Å². The Labute approximate surface area is 129 Å². The molecule has 0 bridgehead atoms. The number of carbonyl (C=O) groups excluding carboxylic acids is 1. The Morgan fingerprint density at radius 1 is 1.36 bits per heavy atom. The molecule has 1 saturated heterocycles. The number of aromatic nitrogens is 3. The van der Waals surface area contributed by atoms with Crippen LogP contribution in [0.2, 0.25) is 0 Å². The molecule has 1 amide bonds. The minimum Gasteiger partial charge on any atom is -0.357 e. The Morgan fingerprint density at radius 2 is 2.23 bits per heavy atom. The topological polar surface area (TPSA) is 69.0 Å². The van der Waals surface area contributed by atoms with Gasteiger partial charge in [-0.15, -0.1) is 0 Å². The van der Waals surface area contributed by atoms with Crippen LogP contribution < -0.4 is 5.32 Å². The van der Waals surface area contributed by atoms with E-state index in [-0.39, 0.29) is 12.1 Å². The molecule has 1 N–H and O–H groups in total. The highest BCUT2D eigenvalue weighted by Crippen LogP contribution is 2.22. The molecule has 1 aliphatic rings. The Bertz CT molecular complexity index is 606. The molecule has 116 valence electrons. The van der Waals surface area contributed by atoms with Gasteiger partial charge < -0.3 is 10.1 Å². The molecule has 0 saturated carbocycles. The van der Waals surface area contributed by atoms with E-state index in [4.69, 9.17) is 4.74 Å². The molecule has 1 fully saturated rings. The van der Waals surface area contributed by atoms with Crippen molar-refractivity contribution in [3.8, 4) is 0 Å². The molecule has 2 aromatic rings. The summed E-state index contributed by atoms with van der Waals surface area (Å²) in [6, 6.07) is 3.84. The summed E-state index contributed by atoms with van der Waals surface area (Å²) in [6.07, 6.45) is 11.3. The zero-order chi connectivity index (χ0) is 15.2. The van der Waals surface area contributed by atoms with Crippen molar-refractivity contribution in [3.63, 3.8) is 0 Å². The van der Waals surface area contributed by atoms with Crippen molar-refractivity contribution in [2.45, 2.75) is 38.3 Å². The van der Waals surface area contributed by atoms with Crippen LogP contribution >= 0.6 is 0 Å². The van der Waals surface area contributed by atoms with Gasteiger partial charge in [0.15, 0.2) is 0 Å². The lowest BCUT2D eigenvalue weighted by Gasteiger charge is -2.22. The number of hydrogen-bond acceptors (Lipinski definition) is 4. The second-order valence-corrected chi connectivity index (χ2v) is 5.43. The zero-order valence-corrected chi connectivity index (χ0v) is 12.4. The maximum Gasteiger partial charge on any atom is 0.224 e. The third-order valence-corrected chi connectivity index (χ3v) is 3.73. The fraction of sp³-hybridized carbons (Fsp3) is 0.438. The summed E-state index contributed by atoms with van der Waals surface area (Å²) < 4.78 is 7.46. The van der Waals surface area contributed by atoms with Crippen LogP contribution in [0, 0.1) is 0 Å². The summed E-state index contributed by atoms with van der Waals surface area (Å²) in [5, 5.41) is 7.16. The largest absolute Gasteiger partial charge is 0.357 e. The maximum absolute atomic E-state index is 12.0. The van der Waals surface area contributed by atoms with E-state index in [9.17, 15) is 4.79 Å². The number of anilines is 1. The van der Waals surface area contributed by atoms with Gasteiger partial charge in [-0.3, -0.25) is 9.78 Å². The summed E-state index contributed by atoms with van der Waals surface area (Å²) in [4.78, 5) is 15.9. The second kappa shape index (κ2) is 7.17. The van der Waals surface area contributed by atoms with Crippen molar-refractivity contribution in [3.05, 3.63) is 42.5 Å². The molecule has 6 nitrogen and oxygen atoms in total. The highest BCUT2D eigenvalue weighted by molar-refractivity contribution is 5.90. The van der Waals surface area contributed by atoms with Gasteiger partial charge in [0.05, 0.1) is 18.1 Å². The van der Waals surface area contributed by atoms with Gasteiger partial charge in [-0.1, -0.05) is 0 Å². The Morgan fingerprint density at radius 3 is 3.00 bits per heavy atom. The lowest BCUT2D eigenvalue weighted by atomic mass is 10.1. The molecule has 6 heteroatoms. The third-order valence-electron chi connectivity index (χ3n) is 3.73. The minimum atomic E-state index is -0.0130. The molecule has 2 aromatic heterocycles. The van der Waals surface area contributed by atoms with Crippen molar-refractivity contribution < 1.29 is 9.53 Å². The Balaban J connectivity index is 1.50. The van der Waals surface area contributed by atoms with Crippen LogP contribution in [-0.4, -0.2) is 27.3 Å². The van der Waals surface area contributed by atoms with Crippen LogP contribution in [0.4, 0.5) is 5.69 Å². The average Bonchev–Trinajstić information content (AvgIpc) is 3.03. The molecule has 22 heavy (non-hydrogen) atoms. The number of nitrogens with zero attached hydrogens (tertiary/aromatic N) is 3. The third kappa shape index (κ3) is 3.92. The van der Waals surface area contributed by atoms with E-state index in [2.05, 4.69) is 15.4 Å². The summed E-state index contributed by atoms with van der Waals surface area (Å²) in [5.41, 5.74) is 1.82. The number of amides is 1. The van der Waals surface area contributed by atoms with Gasteiger partial charge in [-0.25, -0.2) is 4.68 Å². The number of carbonyl (C=O) groups is 1. The van der Waals surface area contributed by atoms with E-state index >= 15 is 0 Å².